The Labute approximate surface area is 477 Å². The van der Waals surface area contributed by atoms with E-state index in [1.54, 1.807) is 0 Å². The molecule has 0 aromatic carbocycles. The number of rotatable bonds is 0. The van der Waals surface area contributed by atoms with Crippen LogP contribution < -0.4 is 121 Å². The Morgan fingerprint density at radius 2 is 0.175 bits per heavy atom. The third kappa shape index (κ3) is 5090. The van der Waals surface area contributed by atoms with Crippen LogP contribution in [0, 0.1) is 0 Å². The predicted molar refractivity (Wildman–Crippen MR) is 91.0 cm³/mol. The zero-order valence-electron chi connectivity index (χ0n) is 29.0. The number of hydrogen-bond donors (Lipinski definition) is 9. The molecule has 0 bridgehead atoms. The predicted octanol–water partition coefficient (Wildman–Crippen LogP) is -38.3. The second-order valence-corrected chi connectivity index (χ2v) is 3.35. The Morgan fingerprint density at radius 1 is 0.175 bits per heavy atom. The van der Waals surface area contributed by atoms with E-state index in [1.807, 2.05) is 0 Å². The SMILES string of the molecule is OB(O)O.OB(O)O.OB(O)O.[Al+3].[O-]B([O-])[O-].[O-]B([O-])[O-].[O-]B([O-])[O-].[O-]B([O-])[O-].[O-]B([O-])[O-].[O-]B([O-])[O-].[O-]B([O-])[O-].[O-]B([O-])[O-].[OH-].[Zn+2].[Zn+2].[Zn+2].[Zn+2].[Zn+2].[Zn+2].[Zn+2].[Zn+2].[Zn+2].[Zn+2].[Zn+2]. The molecule has 0 atom stereocenters. The van der Waals surface area contributed by atoms with Crippen LogP contribution in [0.3, 0.4) is 0 Å². The van der Waals surface area contributed by atoms with Gasteiger partial charge in [0.2, 0.25) is 0 Å². The Kier molecular flexibility index (Phi) is 422. The molecule has 0 aromatic heterocycles. The van der Waals surface area contributed by atoms with Gasteiger partial charge in [-0.15, -0.1) is 0 Å². The first-order valence-electron chi connectivity index (χ1n) is 7.98. The first-order chi connectivity index (χ1) is 19.1. The van der Waals surface area contributed by atoms with Crippen molar-refractivity contribution >= 4 is 97.9 Å². The minimum atomic E-state index is -2.92. The summed E-state index contributed by atoms with van der Waals surface area (Å²) in [4.78, 5) is 0. The van der Waals surface area contributed by atoms with Crippen molar-refractivity contribution in [1.82, 2.24) is 0 Å². The first kappa shape index (κ1) is 159. The molecule has 34 nitrogen and oxygen atoms in total. The van der Waals surface area contributed by atoms with Crippen molar-refractivity contribution in [3.05, 3.63) is 0 Å². The molecular weight excluding hydrogens is 1410 g/mol. The van der Waals surface area contributed by atoms with Crippen LogP contribution in [0.5, 0.6) is 0 Å². The van der Waals surface area contributed by atoms with E-state index in [1.165, 1.54) is 0 Å². The standard InChI is InChI=1S/Al.3BH3O3.8BO3.H2O.11Zn/c;11*2-1(3)4;;;;;;;;;;;;/h;3*2-4H;;;;;;;;;1H2;;;;;;;;;;;/q+3;;;;8*-3;;11*+2/p-1. The molecule has 0 saturated carbocycles. The summed E-state index contributed by atoms with van der Waals surface area (Å²) in [6.07, 6.45) is 0. The normalized spacial score (nSPS) is 5.21. The molecule has 0 aliphatic rings. The Hall–Kier alpha value is 6.74. The van der Waals surface area contributed by atoms with Gasteiger partial charge in [0.05, 0.1) is 0 Å². The topological polar surface area (TPSA) is 766 Å². The molecule has 0 saturated heterocycles. The van der Waals surface area contributed by atoms with Crippen molar-refractivity contribution in [2.45, 2.75) is 0 Å². The van der Waals surface area contributed by atoms with E-state index >= 15 is 0 Å². The zero-order chi connectivity index (χ0) is 39.4. The molecule has 0 heterocycles. The molecule has 0 aromatic rings. The van der Waals surface area contributed by atoms with Crippen LogP contribution >= 0.6 is 0 Å². The van der Waals surface area contributed by atoms with Gasteiger partial charge in [-0.2, -0.15) is 0 Å². The van der Waals surface area contributed by atoms with Gasteiger partial charge in [-0.1, -0.05) is 0 Å². The molecule has 0 aliphatic heterocycles. The summed E-state index contributed by atoms with van der Waals surface area (Å²) >= 11 is 0. The first-order valence-corrected chi connectivity index (χ1v) is 7.98. The third-order valence-corrected chi connectivity index (χ3v) is 0. The molecule has 0 radical (unpaired) electrons. The van der Waals surface area contributed by atoms with Crippen LogP contribution in [0.15, 0.2) is 0 Å². The van der Waals surface area contributed by atoms with Gasteiger partial charge < -0.3 is 171 Å². The molecule has 0 aliphatic carbocycles. The summed E-state index contributed by atoms with van der Waals surface area (Å²) < 4.78 is 0. The second-order valence-electron chi connectivity index (χ2n) is 3.35. The van der Waals surface area contributed by atoms with Crippen molar-refractivity contribution < 1.29 is 386 Å². The van der Waals surface area contributed by atoms with E-state index in [0.717, 1.165) is 0 Å². The van der Waals surface area contributed by atoms with Gasteiger partial charge in [-0.05, 0) is 0 Å². The minimum absolute atomic E-state index is 0. The largest absolute Gasteiger partial charge is 3.00 e. The van der Waals surface area contributed by atoms with Gasteiger partial charge in [0.25, 0.3) is 0 Å². The van der Waals surface area contributed by atoms with Gasteiger partial charge in [-0.3, -0.25) is 58.6 Å². The van der Waals surface area contributed by atoms with E-state index in [4.69, 9.17) is 166 Å². The maximum absolute atomic E-state index is 8.42. The summed E-state index contributed by atoms with van der Waals surface area (Å²) in [5, 5.41) is 266. The fourth-order valence-electron chi connectivity index (χ4n) is 0. The van der Waals surface area contributed by atoms with Gasteiger partial charge in [0, 0.05) is 0 Å². The maximum Gasteiger partial charge on any atom is 3.00 e. The molecule has 0 unspecified atom stereocenters. The third-order valence-electron chi connectivity index (χ3n) is 0. The Balaban J connectivity index is -0.00000000934. The Morgan fingerprint density at radius 3 is 0.175 bits per heavy atom. The molecule has 0 rings (SSSR count). The van der Waals surface area contributed by atoms with Crippen LogP contribution in [-0.4, -0.2) is 149 Å². The summed E-state index contributed by atoms with van der Waals surface area (Å²) in [6, 6.07) is 0. The van der Waals surface area contributed by atoms with E-state index in [0.29, 0.717) is 0 Å². The molecule has 0 fully saturated rings. The van der Waals surface area contributed by atoms with E-state index in [-0.39, 0.29) is 237 Å². The maximum atomic E-state index is 8.42. The van der Waals surface area contributed by atoms with E-state index in [9.17, 15) is 0 Å². The number of hydrogen-bond acceptors (Lipinski definition) is 34. The molecular formula is H10AlB11O34Zn11. The van der Waals surface area contributed by atoms with Gasteiger partial charge >= 0.3 is 254 Å². The van der Waals surface area contributed by atoms with Crippen molar-refractivity contribution in [3.63, 3.8) is 0 Å². The monoisotopic (exact) mass is 1410 g/mol. The smallest absolute Gasteiger partial charge is 0.907 e. The van der Waals surface area contributed by atoms with Crippen LogP contribution in [-0.2, 0) is 214 Å². The summed E-state index contributed by atoms with van der Waals surface area (Å²) in [6.45, 7) is 0. The van der Waals surface area contributed by atoms with Gasteiger partial charge in [-0.25, -0.2) is 0 Å². The molecule has 0 amide bonds. The van der Waals surface area contributed by atoms with Gasteiger partial charge in [0.1, 0.15) is 0 Å². The summed E-state index contributed by atoms with van der Waals surface area (Å²) in [7, 11) is -29.8. The molecule has 10 N–H and O–H groups in total. The van der Waals surface area contributed by atoms with Crippen LogP contribution in [0.25, 0.3) is 0 Å². The van der Waals surface area contributed by atoms with Crippen molar-refractivity contribution in [1.29, 1.82) is 0 Å². The van der Waals surface area contributed by atoms with Crippen molar-refractivity contribution in [3.8, 4) is 0 Å². The minimum Gasteiger partial charge on any atom is -0.907 e. The fourth-order valence-corrected chi connectivity index (χ4v) is 0. The van der Waals surface area contributed by atoms with Crippen LogP contribution in [0.2, 0.25) is 0 Å². The molecule has 57 heavy (non-hydrogen) atoms. The van der Waals surface area contributed by atoms with Gasteiger partial charge in [0.15, 0.2) is 0 Å². The summed E-state index contributed by atoms with van der Waals surface area (Å²) in [5.41, 5.74) is 0. The van der Waals surface area contributed by atoms with Crippen LogP contribution in [0.4, 0.5) is 0 Å². The average Bonchev–Trinajstić information content (AvgIpc) is 2.55. The Bertz CT molecular complexity index is 250. The second kappa shape index (κ2) is 151. The summed E-state index contributed by atoms with van der Waals surface area (Å²) in [5.74, 6) is 0. The van der Waals surface area contributed by atoms with E-state index in [2.05, 4.69) is 0 Å². The van der Waals surface area contributed by atoms with Crippen molar-refractivity contribution in [2.24, 2.45) is 0 Å². The van der Waals surface area contributed by atoms with Crippen LogP contribution in [0.1, 0.15) is 0 Å². The quantitative estimate of drug-likeness (QED) is 0.102. The fraction of sp³-hybridized carbons (Fsp3) is 0. The molecule has 57 heteroatoms. The van der Waals surface area contributed by atoms with E-state index < -0.39 is 80.5 Å². The zero-order valence-corrected chi connectivity index (χ0v) is 62.8. The molecule has 272 valence electrons. The average molecular weight is 1420 g/mol. The van der Waals surface area contributed by atoms with Crippen molar-refractivity contribution in [2.75, 3.05) is 0 Å². The molecule has 0 spiro atoms.